The first-order valence-corrected chi connectivity index (χ1v) is 11.3. The van der Waals surface area contributed by atoms with Gasteiger partial charge in [-0.15, -0.1) is 0 Å². The van der Waals surface area contributed by atoms with Crippen LogP contribution in [0.25, 0.3) is 0 Å². The van der Waals surface area contributed by atoms with Gasteiger partial charge >= 0.3 is 5.97 Å². The minimum Gasteiger partial charge on any atom is -0.472 e. The zero-order valence-electron chi connectivity index (χ0n) is 19.2. The molecule has 176 valence electrons. The van der Waals surface area contributed by atoms with E-state index in [-0.39, 0.29) is 6.61 Å². The summed E-state index contributed by atoms with van der Waals surface area (Å²) in [6.45, 7) is 1.04. The van der Waals surface area contributed by atoms with Crippen LogP contribution in [0.5, 0.6) is 0 Å². The maximum atomic E-state index is 12.6. The van der Waals surface area contributed by atoms with Crippen LogP contribution in [0.15, 0.2) is 96.0 Å². The maximum absolute atomic E-state index is 12.6. The quantitative estimate of drug-likeness (QED) is 0.399. The average molecular weight is 460 g/mol. The molecule has 1 heterocycles. The molecule has 6 heteroatoms. The van der Waals surface area contributed by atoms with E-state index in [2.05, 4.69) is 4.99 Å². The Morgan fingerprint density at radius 3 is 2.00 bits per heavy atom. The molecule has 1 aliphatic heterocycles. The maximum Gasteiger partial charge on any atom is 0.334 e. The predicted molar refractivity (Wildman–Crippen MR) is 129 cm³/mol. The molecule has 0 amide bonds. The number of aliphatic imine (C=N–C) groups is 1. The Labute approximate surface area is 200 Å². The van der Waals surface area contributed by atoms with Crippen LogP contribution >= 0.6 is 0 Å². The van der Waals surface area contributed by atoms with Gasteiger partial charge in [-0.1, -0.05) is 91.0 Å². The summed E-state index contributed by atoms with van der Waals surface area (Å²) in [5, 5.41) is 0. The first kappa shape index (κ1) is 23.7. The second kappa shape index (κ2) is 12.1. The highest BCUT2D eigenvalue weighted by atomic mass is 16.6. The molecular weight excluding hydrogens is 430 g/mol. The van der Waals surface area contributed by atoms with E-state index in [4.69, 9.17) is 18.9 Å². The Morgan fingerprint density at radius 1 is 0.853 bits per heavy atom. The van der Waals surface area contributed by atoms with E-state index in [9.17, 15) is 4.79 Å². The molecule has 0 spiro atoms. The number of nitrogens with zero attached hydrogens (tertiary/aromatic N) is 1. The highest BCUT2D eigenvalue weighted by Crippen LogP contribution is 2.24. The molecule has 0 N–H and O–H groups in total. The number of ether oxygens (including phenoxy) is 4. The van der Waals surface area contributed by atoms with E-state index in [0.717, 1.165) is 16.7 Å². The Morgan fingerprint density at radius 2 is 1.41 bits per heavy atom. The predicted octanol–water partition coefficient (Wildman–Crippen LogP) is 4.37. The number of hydrogen-bond acceptors (Lipinski definition) is 6. The van der Waals surface area contributed by atoms with Crippen molar-refractivity contribution in [3.8, 4) is 0 Å². The summed E-state index contributed by atoms with van der Waals surface area (Å²) in [7, 11) is 1.36. The summed E-state index contributed by atoms with van der Waals surface area (Å²) in [6.07, 6.45) is -0.683. The van der Waals surface area contributed by atoms with Crippen molar-refractivity contribution in [3.05, 3.63) is 108 Å². The van der Waals surface area contributed by atoms with Crippen LogP contribution in [0.1, 0.15) is 16.7 Å². The third-order valence-corrected chi connectivity index (χ3v) is 5.57. The molecule has 3 aromatic rings. The van der Waals surface area contributed by atoms with E-state index >= 15 is 0 Å². The molecule has 6 nitrogen and oxygen atoms in total. The monoisotopic (exact) mass is 459 g/mol. The number of rotatable bonds is 11. The number of esters is 1. The van der Waals surface area contributed by atoms with Gasteiger partial charge < -0.3 is 18.9 Å². The Kier molecular flexibility index (Phi) is 8.43. The summed E-state index contributed by atoms with van der Waals surface area (Å²) in [4.78, 5) is 17.2. The molecule has 0 saturated heterocycles. The number of carbonyl (C=O) groups excluding carboxylic acids is 1. The van der Waals surface area contributed by atoms with Crippen LogP contribution in [-0.2, 0) is 43.4 Å². The molecule has 4 rings (SSSR count). The van der Waals surface area contributed by atoms with Crippen molar-refractivity contribution in [1.82, 2.24) is 0 Å². The van der Waals surface area contributed by atoms with E-state index in [1.165, 1.54) is 7.11 Å². The molecule has 0 aromatic heterocycles. The van der Waals surface area contributed by atoms with Gasteiger partial charge in [-0.05, 0) is 16.7 Å². The molecule has 3 aromatic carbocycles. The van der Waals surface area contributed by atoms with Gasteiger partial charge in [0.15, 0.2) is 18.0 Å². The van der Waals surface area contributed by atoms with E-state index in [0.29, 0.717) is 25.5 Å². The lowest BCUT2D eigenvalue weighted by Crippen LogP contribution is -2.44. The van der Waals surface area contributed by atoms with Gasteiger partial charge in [0, 0.05) is 6.42 Å². The highest BCUT2D eigenvalue weighted by molar-refractivity contribution is 5.87. The molecular formula is C28H29NO5. The SMILES string of the molecule is COC(=O)[C@H]1N=C(Cc2ccccc2)O[C@H]1[C@@H](COCc1ccccc1)OCc1ccccc1. The molecule has 0 aliphatic carbocycles. The minimum atomic E-state index is -0.815. The van der Waals surface area contributed by atoms with Crippen molar-refractivity contribution in [3.63, 3.8) is 0 Å². The normalized spacial score (nSPS) is 18.1. The van der Waals surface area contributed by atoms with E-state index in [1.807, 2.05) is 91.0 Å². The van der Waals surface area contributed by atoms with Gasteiger partial charge in [0.25, 0.3) is 0 Å². The largest absolute Gasteiger partial charge is 0.472 e. The van der Waals surface area contributed by atoms with Crippen LogP contribution in [0.4, 0.5) is 0 Å². The van der Waals surface area contributed by atoms with Crippen molar-refractivity contribution in [2.45, 2.75) is 37.9 Å². The molecule has 1 aliphatic rings. The Hall–Kier alpha value is -3.48. The second-order valence-electron chi connectivity index (χ2n) is 8.07. The molecule has 34 heavy (non-hydrogen) atoms. The van der Waals surface area contributed by atoms with Gasteiger partial charge in [0.05, 0.1) is 26.9 Å². The zero-order valence-corrected chi connectivity index (χ0v) is 19.2. The third-order valence-electron chi connectivity index (χ3n) is 5.57. The number of carbonyl (C=O) groups is 1. The van der Waals surface area contributed by atoms with Gasteiger partial charge in [-0.2, -0.15) is 0 Å². The summed E-state index contributed by atoms with van der Waals surface area (Å²) < 4.78 is 23.5. The van der Waals surface area contributed by atoms with Crippen molar-refractivity contribution < 1.29 is 23.7 Å². The number of hydrogen-bond donors (Lipinski definition) is 0. The Bertz CT molecular complexity index is 1060. The average Bonchev–Trinajstić information content (AvgIpc) is 3.31. The minimum absolute atomic E-state index is 0.244. The van der Waals surface area contributed by atoms with Crippen LogP contribution < -0.4 is 0 Å². The smallest absolute Gasteiger partial charge is 0.334 e. The fourth-order valence-electron chi connectivity index (χ4n) is 3.81. The molecule has 0 unspecified atom stereocenters. The van der Waals surface area contributed by atoms with Crippen molar-refractivity contribution in [1.29, 1.82) is 0 Å². The van der Waals surface area contributed by atoms with E-state index in [1.54, 1.807) is 0 Å². The summed E-state index contributed by atoms with van der Waals surface area (Å²) in [5.41, 5.74) is 3.13. The second-order valence-corrected chi connectivity index (χ2v) is 8.07. The number of methoxy groups -OCH3 is 1. The van der Waals surface area contributed by atoms with Crippen LogP contribution in [-0.4, -0.2) is 43.8 Å². The van der Waals surface area contributed by atoms with Crippen LogP contribution in [0, 0.1) is 0 Å². The third kappa shape index (κ3) is 6.53. The Balaban J connectivity index is 1.48. The fraction of sp³-hybridized carbons (Fsp3) is 0.286. The summed E-state index contributed by atoms with van der Waals surface area (Å²) in [5.74, 6) is 0.0346. The fourth-order valence-corrected chi connectivity index (χ4v) is 3.81. The molecule has 0 radical (unpaired) electrons. The number of benzene rings is 3. The molecule has 3 atom stereocenters. The first-order chi connectivity index (χ1) is 16.7. The van der Waals surface area contributed by atoms with Gasteiger partial charge in [-0.3, -0.25) is 0 Å². The van der Waals surface area contributed by atoms with Crippen molar-refractivity contribution in [2.24, 2.45) is 4.99 Å². The van der Waals surface area contributed by atoms with Crippen LogP contribution in [0.3, 0.4) is 0 Å². The van der Waals surface area contributed by atoms with Crippen molar-refractivity contribution >= 4 is 11.9 Å². The zero-order chi connectivity index (χ0) is 23.6. The topological polar surface area (TPSA) is 66.4 Å². The van der Waals surface area contributed by atoms with Gasteiger partial charge in [0.1, 0.15) is 6.10 Å². The standard InChI is InChI=1S/C28H29NO5/c1-31-28(30)26-27(34-25(29-26)17-21-11-5-2-6-12-21)24(33-19-23-15-9-4-10-16-23)20-32-18-22-13-7-3-8-14-22/h2-16,24,26-27H,17-20H2,1H3/t24-,26+,27+/m1/s1. The lowest BCUT2D eigenvalue weighted by atomic mass is 10.1. The molecule has 0 bridgehead atoms. The summed E-state index contributed by atoms with van der Waals surface area (Å²) in [6, 6.07) is 28.8. The van der Waals surface area contributed by atoms with Gasteiger partial charge in [-0.25, -0.2) is 9.79 Å². The molecule has 0 fully saturated rings. The van der Waals surface area contributed by atoms with Gasteiger partial charge in [0.2, 0.25) is 0 Å². The molecule has 0 saturated carbocycles. The highest BCUT2D eigenvalue weighted by Gasteiger charge is 2.43. The van der Waals surface area contributed by atoms with Crippen LogP contribution in [0.2, 0.25) is 0 Å². The lowest BCUT2D eigenvalue weighted by molar-refractivity contribution is -0.148. The van der Waals surface area contributed by atoms with E-state index < -0.39 is 24.2 Å². The summed E-state index contributed by atoms with van der Waals surface area (Å²) >= 11 is 0. The first-order valence-electron chi connectivity index (χ1n) is 11.3. The van der Waals surface area contributed by atoms with Crippen molar-refractivity contribution in [2.75, 3.05) is 13.7 Å². The lowest BCUT2D eigenvalue weighted by Gasteiger charge is -2.26.